The van der Waals surface area contributed by atoms with Gasteiger partial charge in [-0.2, -0.15) is 0 Å². The van der Waals surface area contributed by atoms with Crippen molar-refractivity contribution >= 4 is 11.7 Å². The minimum Gasteiger partial charge on any atom is -0.492 e. The zero-order valence-electron chi connectivity index (χ0n) is 10.2. The molecule has 4 nitrogen and oxygen atoms in total. The number of carboxylic acids is 1. The highest BCUT2D eigenvalue weighted by Gasteiger charge is 2.39. The van der Waals surface area contributed by atoms with Crippen LogP contribution in [0.2, 0.25) is 0 Å². The highest BCUT2D eigenvalue weighted by atomic mass is 19.3. The Balaban J connectivity index is 2.03. The molecule has 0 spiro atoms. The van der Waals surface area contributed by atoms with Crippen LogP contribution in [-0.4, -0.2) is 23.6 Å². The van der Waals surface area contributed by atoms with Gasteiger partial charge in [-0.05, 0) is 24.5 Å². The van der Waals surface area contributed by atoms with Crippen molar-refractivity contribution in [2.45, 2.75) is 25.2 Å². The van der Waals surface area contributed by atoms with Gasteiger partial charge in [-0.1, -0.05) is 0 Å². The van der Waals surface area contributed by atoms with E-state index in [1.54, 1.807) is 0 Å². The summed E-state index contributed by atoms with van der Waals surface area (Å²) in [5.41, 5.74) is 5.92. The molecule has 1 aromatic carbocycles. The quantitative estimate of drug-likeness (QED) is 0.826. The van der Waals surface area contributed by atoms with Gasteiger partial charge in [-0.15, -0.1) is 0 Å². The number of hydrogen-bond donors (Lipinski definition) is 2. The average molecular weight is 271 g/mol. The molecule has 1 unspecified atom stereocenters. The number of halogens is 2. The lowest BCUT2D eigenvalue weighted by molar-refractivity contribution is 0.00285. The fourth-order valence-electron chi connectivity index (χ4n) is 2.23. The molecule has 2 rings (SSSR count). The van der Waals surface area contributed by atoms with Gasteiger partial charge in [0, 0.05) is 24.6 Å². The first-order valence-corrected chi connectivity index (χ1v) is 6.01. The number of nitrogen functional groups attached to an aromatic ring is 1. The number of alkyl halides is 2. The van der Waals surface area contributed by atoms with Crippen LogP contribution in [0.1, 0.15) is 29.6 Å². The van der Waals surface area contributed by atoms with Gasteiger partial charge in [0.1, 0.15) is 11.3 Å². The molecule has 0 heterocycles. The number of anilines is 1. The molecule has 0 bridgehead atoms. The van der Waals surface area contributed by atoms with Crippen molar-refractivity contribution < 1.29 is 23.4 Å². The van der Waals surface area contributed by atoms with E-state index in [-0.39, 0.29) is 36.7 Å². The SMILES string of the molecule is Nc1ccc(C(=O)O)c(OCC2CCC(F)(F)C2)c1. The Hall–Kier alpha value is -1.85. The van der Waals surface area contributed by atoms with Gasteiger partial charge in [0.05, 0.1) is 6.61 Å². The largest absolute Gasteiger partial charge is 0.492 e. The van der Waals surface area contributed by atoms with E-state index in [1.165, 1.54) is 18.2 Å². The van der Waals surface area contributed by atoms with Gasteiger partial charge in [-0.3, -0.25) is 0 Å². The van der Waals surface area contributed by atoms with E-state index in [1.807, 2.05) is 0 Å². The molecular weight excluding hydrogens is 256 g/mol. The third-order valence-electron chi connectivity index (χ3n) is 3.22. The second-order valence-electron chi connectivity index (χ2n) is 4.84. The van der Waals surface area contributed by atoms with Crippen molar-refractivity contribution in [3.05, 3.63) is 23.8 Å². The Labute approximate surface area is 109 Å². The third-order valence-corrected chi connectivity index (χ3v) is 3.22. The average Bonchev–Trinajstić information content (AvgIpc) is 2.66. The van der Waals surface area contributed by atoms with Crippen LogP contribution in [0.5, 0.6) is 5.75 Å². The summed E-state index contributed by atoms with van der Waals surface area (Å²) < 4.78 is 31.4. The first kappa shape index (κ1) is 13.6. The molecule has 1 fully saturated rings. The van der Waals surface area contributed by atoms with Crippen molar-refractivity contribution in [1.82, 2.24) is 0 Å². The fraction of sp³-hybridized carbons (Fsp3) is 0.462. The lowest BCUT2D eigenvalue weighted by atomic mass is 10.1. The van der Waals surface area contributed by atoms with E-state index in [2.05, 4.69) is 0 Å². The second kappa shape index (κ2) is 5.03. The lowest BCUT2D eigenvalue weighted by Crippen LogP contribution is -2.15. The van der Waals surface area contributed by atoms with Crippen LogP contribution in [0.3, 0.4) is 0 Å². The number of nitrogens with two attached hydrogens (primary N) is 1. The molecule has 0 aliphatic heterocycles. The Bertz CT molecular complexity index is 491. The first-order valence-electron chi connectivity index (χ1n) is 6.01. The van der Waals surface area contributed by atoms with E-state index < -0.39 is 11.9 Å². The van der Waals surface area contributed by atoms with E-state index in [0.717, 1.165) is 0 Å². The lowest BCUT2D eigenvalue weighted by Gasteiger charge is -2.14. The minimum absolute atomic E-state index is 0.0149. The van der Waals surface area contributed by atoms with Gasteiger partial charge < -0.3 is 15.6 Å². The molecule has 1 aromatic rings. The normalized spacial score (nSPS) is 21.3. The van der Waals surface area contributed by atoms with Crippen molar-refractivity contribution in [1.29, 1.82) is 0 Å². The van der Waals surface area contributed by atoms with Gasteiger partial charge in [0.15, 0.2) is 0 Å². The zero-order valence-corrected chi connectivity index (χ0v) is 10.2. The van der Waals surface area contributed by atoms with Crippen molar-refractivity contribution in [3.8, 4) is 5.75 Å². The van der Waals surface area contributed by atoms with Gasteiger partial charge in [-0.25, -0.2) is 13.6 Å². The molecule has 1 aliphatic rings. The number of carboxylic acid groups (broad SMARTS) is 1. The number of hydrogen-bond acceptors (Lipinski definition) is 3. The number of carbonyl (C=O) groups is 1. The molecular formula is C13H15F2NO3. The number of aromatic carboxylic acids is 1. The van der Waals surface area contributed by atoms with E-state index in [0.29, 0.717) is 12.1 Å². The first-order chi connectivity index (χ1) is 8.87. The molecule has 0 saturated heterocycles. The van der Waals surface area contributed by atoms with Crippen molar-refractivity contribution in [2.24, 2.45) is 5.92 Å². The maximum absolute atomic E-state index is 13.0. The Morgan fingerprint density at radius 3 is 2.84 bits per heavy atom. The molecule has 1 aliphatic carbocycles. The number of benzene rings is 1. The maximum atomic E-state index is 13.0. The molecule has 6 heteroatoms. The number of rotatable bonds is 4. The summed E-state index contributed by atoms with van der Waals surface area (Å²) >= 11 is 0. The minimum atomic E-state index is -2.63. The monoisotopic (exact) mass is 271 g/mol. The van der Waals surface area contributed by atoms with Crippen LogP contribution in [0.4, 0.5) is 14.5 Å². The summed E-state index contributed by atoms with van der Waals surface area (Å²) in [6.45, 7) is 0.0827. The zero-order chi connectivity index (χ0) is 14.0. The fourth-order valence-corrected chi connectivity index (χ4v) is 2.23. The van der Waals surface area contributed by atoms with Gasteiger partial charge in [0.2, 0.25) is 5.92 Å². The molecule has 0 amide bonds. The van der Waals surface area contributed by atoms with Crippen LogP contribution >= 0.6 is 0 Å². The van der Waals surface area contributed by atoms with Crippen LogP contribution in [0, 0.1) is 5.92 Å². The van der Waals surface area contributed by atoms with Gasteiger partial charge in [0.25, 0.3) is 0 Å². The maximum Gasteiger partial charge on any atom is 0.339 e. The Morgan fingerprint density at radius 1 is 1.53 bits per heavy atom. The van der Waals surface area contributed by atoms with Crippen molar-refractivity contribution in [2.75, 3.05) is 12.3 Å². The third kappa shape index (κ3) is 3.33. The Kier molecular flexibility index (Phi) is 3.59. The molecule has 3 N–H and O–H groups in total. The molecule has 1 atom stereocenters. The highest BCUT2D eigenvalue weighted by molar-refractivity contribution is 5.91. The molecule has 1 saturated carbocycles. The van der Waals surface area contributed by atoms with Crippen LogP contribution in [0.15, 0.2) is 18.2 Å². The predicted molar refractivity (Wildman–Crippen MR) is 65.6 cm³/mol. The van der Waals surface area contributed by atoms with Crippen LogP contribution in [0.25, 0.3) is 0 Å². The molecule has 0 aromatic heterocycles. The molecule has 19 heavy (non-hydrogen) atoms. The van der Waals surface area contributed by atoms with Gasteiger partial charge >= 0.3 is 5.97 Å². The van der Waals surface area contributed by atoms with Crippen LogP contribution < -0.4 is 10.5 Å². The topological polar surface area (TPSA) is 72.6 Å². The summed E-state index contributed by atoms with van der Waals surface area (Å²) in [4.78, 5) is 11.0. The molecule has 0 radical (unpaired) electrons. The Morgan fingerprint density at radius 2 is 2.26 bits per heavy atom. The summed E-state index contributed by atoms with van der Waals surface area (Å²) in [7, 11) is 0. The van der Waals surface area contributed by atoms with E-state index in [4.69, 9.17) is 15.6 Å². The smallest absolute Gasteiger partial charge is 0.339 e. The summed E-state index contributed by atoms with van der Waals surface area (Å²) in [5.74, 6) is -3.88. The van der Waals surface area contributed by atoms with E-state index in [9.17, 15) is 13.6 Å². The second-order valence-corrected chi connectivity index (χ2v) is 4.84. The van der Waals surface area contributed by atoms with Crippen LogP contribution in [-0.2, 0) is 0 Å². The standard InChI is InChI=1S/C13H15F2NO3/c14-13(15)4-3-8(6-13)7-19-11-5-9(16)1-2-10(11)12(17)18/h1-2,5,8H,3-4,6-7,16H2,(H,17,18). The summed E-state index contributed by atoms with van der Waals surface area (Å²) in [6.07, 6.45) is 0.0409. The summed E-state index contributed by atoms with van der Waals surface area (Å²) in [6, 6.07) is 4.20. The summed E-state index contributed by atoms with van der Waals surface area (Å²) in [5, 5.41) is 8.99. The van der Waals surface area contributed by atoms with E-state index >= 15 is 0 Å². The predicted octanol–water partition coefficient (Wildman–Crippen LogP) is 2.78. The van der Waals surface area contributed by atoms with Crippen molar-refractivity contribution in [3.63, 3.8) is 0 Å². The molecule has 104 valence electrons. The highest BCUT2D eigenvalue weighted by Crippen LogP contribution is 2.39. The number of ether oxygens (including phenoxy) is 1.